The van der Waals surface area contributed by atoms with Crippen LogP contribution >= 0.6 is 0 Å². The summed E-state index contributed by atoms with van der Waals surface area (Å²) in [6.07, 6.45) is -2.46. The maximum atomic E-state index is 12.4. The molecular formula is C14H16F3N5O. The van der Waals surface area contributed by atoms with Gasteiger partial charge in [-0.15, -0.1) is 13.2 Å². The van der Waals surface area contributed by atoms with E-state index < -0.39 is 6.36 Å². The molecule has 0 radical (unpaired) electrons. The molecule has 9 heteroatoms. The van der Waals surface area contributed by atoms with Crippen molar-refractivity contribution < 1.29 is 17.9 Å². The van der Waals surface area contributed by atoms with Gasteiger partial charge in [-0.1, -0.05) is 18.2 Å². The molecule has 0 aliphatic carbocycles. The van der Waals surface area contributed by atoms with Crippen LogP contribution in [0, 0.1) is 0 Å². The molecule has 3 N–H and O–H groups in total. The van der Waals surface area contributed by atoms with Gasteiger partial charge < -0.3 is 15.8 Å². The van der Waals surface area contributed by atoms with Crippen molar-refractivity contribution in [3.8, 4) is 5.75 Å². The number of nitrogens with two attached hydrogens (primary N) is 1. The lowest BCUT2D eigenvalue weighted by molar-refractivity contribution is -0.274. The Morgan fingerprint density at radius 1 is 1.26 bits per heavy atom. The van der Waals surface area contributed by atoms with Gasteiger partial charge in [0, 0.05) is 6.04 Å². The highest BCUT2D eigenvalue weighted by molar-refractivity contribution is 5.34. The quantitative estimate of drug-likeness (QED) is 0.848. The van der Waals surface area contributed by atoms with Gasteiger partial charge >= 0.3 is 6.36 Å². The zero-order valence-electron chi connectivity index (χ0n) is 12.3. The SMILES string of the molecule is CC(CCc1ccccc1OC(F)(F)F)Nc1ncnc(N)n1. The number of aryl methyl sites for hydroxylation is 1. The third-order valence-corrected chi connectivity index (χ3v) is 3.01. The molecule has 0 aliphatic heterocycles. The Morgan fingerprint density at radius 2 is 2.00 bits per heavy atom. The smallest absolute Gasteiger partial charge is 0.406 e. The molecule has 0 fully saturated rings. The lowest BCUT2D eigenvalue weighted by atomic mass is 10.1. The Hall–Kier alpha value is -2.58. The summed E-state index contributed by atoms with van der Waals surface area (Å²) in [5.41, 5.74) is 5.93. The molecule has 6 nitrogen and oxygen atoms in total. The van der Waals surface area contributed by atoms with Crippen molar-refractivity contribution >= 4 is 11.9 Å². The van der Waals surface area contributed by atoms with Crippen LogP contribution in [0.2, 0.25) is 0 Å². The van der Waals surface area contributed by atoms with Gasteiger partial charge in [0.25, 0.3) is 0 Å². The van der Waals surface area contributed by atoms with Gasteiger partial charge in [-0.3, -0.25) is 0 Å². The highest BCUT2D eigenvalue weighted by atomic mass is 19.4. The zero-order chi connectivity index (χ0) is 16.9. The predicted octanol–water partition coefficient (Wildman–Crippen LogP) is 2.79. The van der Waals surface area contributed by atoms with Crippen LogP contribution in [-0.4, -0.2) is 27.4 Å². The standard InChI is InChI=1S/C14H16F3N5O/c1-9(21-13-20-8-19-12(18)22-13)6-7-10-4-2-3-5-11(10)23-14(15,16)17/h2-5,8-9H,6-7H2,1H3,(H3,18,19,20,21,22). The minimum Gasteiger partial charge on any atom is -0.406 e. The number of hydrogen-bond acceptors (Lipinski definition) is 6. The molecule has 1 atom stereocenters. The van der Waals surface area contributed by atoms with E-state index in [0.29, 0.717) is 24.4 Å². The molecule has 0 spiro atoms. The maximum absolute atomic E-state index is 12.4. The Labute approximate surface area is 130 Å². The van der Waals surface area contributed by atoms with Gasteiger partial charge in [-0.25, -0.2) is 9.97 Å². The van der Waals surface area contributed by atoms with Crippen LogP contribution in [0.4, 0.5) is 25.1 Å². The van der Waals surface area contributed by atoms with Crippen LogP contribution in [-0.2, 0) is 6.42 Å². The van der Waals surface area contributed by atoms with E-state index in [1.165, 1.54) is 18.5 Å². The first kappa shape index (κ1) is 16.8. The van der Waals surface area contributed by atoms with Crippen LogP contribution in [0.3, 0.4) is 0 Å². The summed E-state index contributed by atoms with van der Waals surface area (Å²) >= 11 is 0. The number of benzene rings is 1. The summed E-state index contributed by atoms with van der Waals surface area (Å²) in [5.74, 6) is 0.236. The van der Waals surface area contributed by atoms with Gasteiger partial charge in [0.1, 0.15) is 12.1 Å². The minimum absolute atomic E-state index is 0.0734. The van der Waals surface area contributed by atoms with Crippen molar-refractivity contribution in [2.45, 2.75) is 32.2 Å². The third kappa shape index (κ3) is 5.61. The fourth-order valence-corrected chi connectivity index (χ4v) is 1.98. The molecule has 23 heavy (non-hydrogen) atoms. The Balaban J connectivity index is 1.95. The summed E-state index contributed by atoms with van der Waals surface area (Å²) in [7, 11) is 0. The van der Waals surface area contributed by atoms with Crippen molar-refractivity contribution in [3.05, 3.63) is 36.2 Å². The van der Waals surface area contributed by atoms with Gasteiger partial charge in [0.15, 0.2) is 0 Å². The largest absolute Gasteiger partial charge is 0.573 e. The number of rotatable bonds is 6. The van der Waals surface area contributed by atoms with E-state index in [2.05, 4.69) is 25.0 Å². The van der Waals surface area contributed by atoms with Crippen LogP contribution in [0.25, 0.3) is 0 Å². The zero-order valence-corrected chi connectivity index (χ0v) is 12.3. The summed E-state index contributed by atoms with van der Waals surface area (Å²) in [5, 5.41) is 3.02. The highest BCUT2D eigenvalue weighted by Gasteiger charge is 2.31. The lowest BCUT2D eigenvalue weighted by Gasteiger charge is -2.16. The fraction of sp³-hybridized carbons (Fsp3) is 0.357. The fourth-order valence-electron chi connectivity index (χ4n) is 1.98. The molecule has 1 heterocycles. The maximum Gasteiger partial charge on any atom is 0.573 e. The average Bonchev–Trinajstić information content (AvgIpc) is 2.45. The van der Waals surface area contributed by atoms with Crippen molar-refractivity contribution in [2.24, 2.45) is 0 Å². The Morgan fingerprint density at radius 3 is 2.70 bits per heavy atom. The normalized spacial score (nSPS) is 12.7. The van der Waals surface area contributed by atoms with Crippen molar-refractivity contribution in [1.29, 1.82) is 0 Å². The number of ether oxygens (including phenoxy) is 1. The monoisotopic (exact) mass is 327 g/mol. The lowest BCUT2D eigenvalue weighted by Crippen LogP contribution is -2.20. The molecule has 0 saturated carbocycles. The molecule has 0 saturated heterocycles. The molecule has 1 unspecified atom stereocenters. The number of alkyl halides is 3. The summed E-state index contributed by atoms with van der Waals surface area (Å²) in [6.45, 7) is 1.87. The first-order valence-electron chi connectivity index (χ1n) is 6.88. The van der Waals surface area contributed by atoms with Crippen LogP contribution in [0.1, 0.15) is 18.9 Å². The second-order valence-corrected chi connectivity index (χ2v) is 4.91. The molecule has 0 amide bonds. The van der Waals surface area contributed by atoms with E-state index in [1.54, 1.807) is 12.1 Å². The summed E-state index contributed by atoms with van der Waals surface area (Å²) in [6, 6.07) is 6.00. The van der Waals surface area contributed by atoms with Gasteiger partial charge in [-0.05, 0) is 31.4 Å². The predicted molar refractivity (Wildman–Crippen MR) is 78.8 cm³/mol. The number of halogens is 3. The number of nitrogens with one attached hydrogen (secondary N) is 1. The van der Waals surface area contributed by atoms with Crippen molar-refractivity contribution in [1.82, 2.24) is 15.0 Å². The number of nitrogen functional groups attached to an aromatic ring is 1. The highest BCUT2D eigenvalue weighted by Crippen LogP contribution is 2.27. The van der Waals surface area contributed by atoms with Gasteiger partial charge in [-0.2, -0.15) is 4.98 Å². The Bertz CT molecular complexity index is 650. The van der Waals surface area contributed by atoms with Crippen LogP contribution in [0.15, 0.2) is 30.6 Å². The summed E-state index contributed by atoms with van der Waals surface area (Å²) in [4.78, 5) is 11.5. The van der Waals surface area contributed by atoms with E-state index in [9.17, 15) is 13.2 Å². The number of hydrogen-bond donors (Lipinski definition) is 2. The molecule has 124 valence electrons. The molecule has 2 rings (SSSR count). The number of para-hydroxylation sites is 1. The van der Waals surface area contributed by atoms with E-state index in [-0.39, 0.29) is 17.7 Å². The van der Waals surface area contributed by atoms with Crippen molar-refractivity contribution in [2.75, 3.05) is 11.1 Å². The van der Waals surface area contributed by atoms with E-state index >= 15 is 0 Å². The van der Waals surface area contributed by atoms with E-state index in [1.807, 2.05) is 6.92 Å². The minimum atomic E-state index is -4.71. The molecule has 0 bridgehead atoms. The summed E-state index contributed by atoms with van der Waals surface area (Å²) < 4.78 is 41.2. The third-order valence-electron chi connectivity index (χ3n) is 3.01. The number of nitrogens with zero attached hydrogens (tertiary/aromatic N) is 3. The van der Waals surface area contributed by atoms with E-state index in [0.717, 1.165) is 0 Å². The molecule has 2 aromatic rings. The van der Waals surface area contributed by atoms with Crippen LogP contribution < -0.4 is 15.8 Å². The molecular weight excluding hydrogens is 311 g/mol. The Kier molecular flexibility index (Phi) is 5.20. The number of aromatic nitrogens is 3. The van der Waals surface area contributed by atoms with Gasteiger partial charge in [0.05, 0.1) is 0 Å². The van der Waals surface area contributed by atoms with E-state index in [4.69, 9.17) is 5.73 Å². The second-order valence-electron chi connectivity index (χ2n) is 4.91. The van der Waals surface area contributed by atoms with Crippen LogP contribution in [0.5, 0.6) is 5.75 Å². The molecule has 1 aromatic carbocycles. The molecule has 0 aliphatic rings. The molecule has 1 aromatic heterocycles. The first-order chi connectivity index (χ1) is 10.8. The average molecular weight is 327 g/mol. The van der Waals surface area contributed by atoms with Crippen molar-refractivity contribution in [3.63, 3.8) is 0 Å². The first-order valence-corrected chi connectivity index (χ1v) is 6.88. The van der Waals surface area contributed by atoms with Gasteiger partial charge in [0.2, 0.25) is 11.9 Å². The topological polar surface area (TPSA) is 86.0 Å². The number of anilines is 2. The second kappa shape index (κ2) is 7.12.